The largest absolute Gasteiger partial charge is 0.453 e. The highest BCUT2D eigenvalue weighted by Crippen LogP contribution is 2.29. The van der Waals surface area contributed by atoms with Crippen molar-refractivity contribution in [3.05, 3.63) is 23.7 Å². The SMILES string of the molecule is CC(C)[C@H]1CN(C2CCOCC2)C[C@@H]1NC(=O)c1ccc(CO)o1.Cl. The molecular weight excluding hydrogens is 344 g/mol. The zero-order valence-corrected chi connectivity index (χ0v) is 15.8. The molecule has 0 aromatic carbocycles. The van der Waals surface area contributed by atoms with Gasteiger partial charge in [-0.3, -0.25) is 9.69 Å². The predicted octanol–water partition coefficient (Wildman–Crippen LogP) is 2.06. The van der Waals surface area contributed by atoms with Crippen molar-refractivity contribution in [3.8, 4) is 0 Å². The molecule has 2 aliphatic heterocycles. The van der Waals surface area contributed by atoms with E-state index < -0.39 is 0 Å². The second kappa shape index (κ2) is 9.03. The second-order valence-corrected chi connectivity index (χ2v) is 7.21. The third-order valence-electron chi connectivity index (χ3n) is 5.31. The lowest BCUT2D eigenvalue weighted by Gasteiger charge is -2.31. The summed E-state index contributed by atoms with van der Waals surface area (Å²) in [5.74, 6) is 1.43. The van der Waals surface area contributed by atoms with Gasteiger partial charge >= 0.3 is 0 Å². The first kappa shape index (κ1) is 20.2. The molecular formula is C18H29ClN2O4. The fourth-order valence-corrected chi connectivity index (χ4v) is 3.86. The molecule has 3 heterocycles. The summed E-state index contributed by atoms with van der Waals surface area (Å²) in [6, 6.07) is 3.95. The minimum atomic E-state index is -0.195. The van der Waals surface area contributed by atoms with Gasteiger partial charge < -0.3 is 19.6 Å². The van der Waals surface area contributed by atoms with Crippen LogP contribution in [-0.4, -0.2) is 54.3 Å². The van der Waals surface area contributed by atoms with Crippen LogP contribution in [-0.2, 0) is 11.3 Å². The van der Waals surface area contributed by atoms with Gasteiger partial charge in [-0.2, -0.15) is 0 Å². The third-order valence-corrected chi connectivity index (χ3v) is 5.31. The smallest absolute Gasteiger partial charge is 0.287 e. The maximum Gasteiger partial charge on any atom is 0.287 e. The van der Waals surface area contributed by atoms with Crippen molar-refractivity contribution < 1.29 is 19.1 Å². The first-order chi connectivity index (χ1) is 11.6. The van der Waals surface area contributed by atoms with Gasteiger partial charge in [-0.1, -0.05) is 13.8 Å². The Morgan fingerprint density at radius 3 is 2.64 bits per heavy atom. The molecule has 1 amide bonds. The highest BCUT2D eigenvalue weighted by Gasteiger charge is 2.39. The number of nitrogens with zero attached hydrogens (tertiary/aromatic N) is 1. The van der Waals surface area contributed by atoms with Gasteiger partial charge in [-0.05, 0) is 36.8 Å². The van der Waals surface area contributed by atoms with Crippen LogP contribution >= 0.6 is 12.4 Å². The van der Waals surface area contributed by atoms with Gasteiger partial charge in [-0.15, -0.1) is 12.4 Å². The molecule has 2 saturated heterocycles. The number of hydrogen-bond donors (Lipinski definition) is 2. The van der Waals surface area contributed by atoms with E-state index in [1.807, 2.05) is 0 Å². The number of carbonyl (C=O) groups excluding carboxylic acids is 1. The highest BCUT2D eigenvalue weighted by molar-refractivity contribution is 5.91. The molecule has 0 unspecified atom stereocenters. The second-order valence-electron chi connectivity index (χ2n) is 7.21. The van der Waals surface area contributed by atoms with Crippen molar-refractivity contribution in [2.24, 2.45) is 11.8 Å². The lowest BCUT2D eigenvalue weighted by atomic mass is 9.91. The molecule has 1 aromatic rings. The Balaban J connectivity index is 0.00000225. The molecule has 25 heavy (non-hydrogen) atoms. The summed E-state index contributed by atoms with van der Waals surface area (Å²) in [4.78, 5) is 15.0. The Labute approximate surface area is 155 Å². The van der Waals surface area contributed by atoms with Crippen molar-refractivity contribution >= 4 is 18.3 Å². The number of rotatable bonds is 5. The Hall–Kier alpha value is -1.08. The van der Waals surface area contributed by atoms with Crippen LogP contribution in [0.2, 0.25) is 0 Å². The average molecular weight is 373 g/mol. The number of furan rings is 1. The quantitative estimate of drug-likeness (QED) is 0.827. The van der Waals surface area contributed by atoms with Gasteiger partial charge in [0.1, 0.15) is 12.4 Å². The number of nitrogens with one attached hydrogen (secondary N) is 1. The van der Waals surface area contributed by atoms with E-state index in [9.17, 15) is 4.79 Å². The van der Waals surface area contributed by atoms with Crippen molar-refractivity contribution in [2.45, 2.75) is 45.4 Å². The van der Waals surface area contributed by atoms with E-state index in [0.717, 1.165) is 39.1 Å². The number of aliphatic hydroxyl groups excluding tert-OH is 1. The van der Waals surface area contributed by atoms with E-state index in [1.165, 1.54) is 0 Å². The number of halogens is 1. The molecule has 0 aliphatic carbocycles. The topological polar surface area (TPSA) is 74.9 Å². The van der Waals surface area contributed by atoms with Crippen LogP contribution in [0.4, 0.5) is 0 Å². The normalized spacial score (nSPS) is 25.1. The van der Waals surface area contributed by atoms with Gasteiger partial charge in [0, 0.05) is 38.4 Å². The minimum Gasteiger partial charge on any atom is -0.453 e. The number of hydrogen-bond acceptors (Lipinski definition) is 5. The zero-order chi connectivity index (χ0) is 17.1. The van der Waals surface area contributed by atoms with Crippen molar-refractivity contribution in [3.63, 3.8) is 0 Å². The molecule has 3 rings (SSSR count). The first-order valence-electron chi connectivity index (χ1n) is 8.90. The molecule has 7 heteroatoms. The summed E-state index contributed by atoms with van der Waals surface area (Å²) in [7, 11) is 0. The maximum atomic E-state index is 12.5. The molecule has 2 fully saturated rings. The number of ether oxygens (including phenoxy) is 1. The van der Waals surface area contributed by atoms with Crippen LogP contribution in [0.25, 0.3) is 0 Å². The summed E-state index contributed by atoms with van der Waals surface area (Å²) in [6.45, 7) is 7.81. The van der Waals surface area contributed by atoms with Crippen molar-refractivity contribution in [1.82, 2.24) is 10.2 Å². The van der Waals surface area contributed by atoms with E-state index in [2.05, 4.69) is 24.1 Å². The Morgan fingerprint density at radius 2 is 2.04 bits per heavy atom. The fourth-order valence-electron chi connectivity index (χ4n) is 3.86. The van der Waals surface area contributed by atoms with Crippen molar-refractivity contribution in [1.29, 1.82) is 0 Å². The Kier molecular flexibility index (Phi) is 7.31. The van der Waals surface area contributed by atoms with E-state index in [1.54, 1.807) is 12.1 Å². The van der Waals surface area contributed by atoms with E-state index >= 15 is 0 Å². The molecule has 142 valence electrons. The van der Waals surface area contributed by atoms with Crippen LogP contribution in [0.3, 0.4) is 0 Å². The standard InChI is InChI=1S/C18H28N2O4.ClH/c1-12(2)15-9-20(13-5-7-23-8-6-13)10-16(15)19-18(22)17-4-3-14(11-21)24-17;/h3-4,12-13,15-16,21H,5-11H2,1-2H3,(H,19,22);1H/t15-,16+;/m1./s1. The summed E-state index contributed by atoms with van der Waals surface area (Å²) in [6.07, 6.45) is 2.15. The van der Waals surface area contributed by atoms with Crippen LogP contribution < -0.4 is 5.32 Å². The Morgan fingerprint density at radius 1 is 1.32 bits per heavy atom. The van der Waals surface area contributed by atoms with Gasteiger partial charge in [0.25, 0.3) is 5.91 Å². The molecule has 0 bridgehead atoms. The number of amides is 1. The summed E-state index contributed by atoms with van der Waals surface area (Å²) in [5.41, 5.74) is 0. The highest BCUT2D eigenvalue weighted by atomic mass is 35.5. The minimum absolute atomic E-state index is 0. The molecule has 2 atom stereocenters. The van der Waals surface area contributed by atoms with Crippen LogP contribution in [0.15, 0.2) is 16.5 Å². The summed E-state index contributed by atoms with van der Waals surface area (Å²) >= 11 is 0. The number of aliphatic hydroxyl groups is 1. The summed E-state index contributed by atoms with van der Waals surface area (Å²) in [5, 5.41) is 12.2. The van der Waals surface area contributed by atoms with Crippen molar-refractivity contribution in [2.75, 3.05) is 26.3 Å². The van der Waals surface area contributed by atoms with Crippen LogP contribution in [0.5, 0.6) is 0 Å². The van der Waals surface area contributed by atoms with Gasteiger partial charge in [0.05, 0.1) is 0 Å². The molecule has 2 N–H and O–H groups in total. The van der Waals surface area contributed by atoms with Crippen LogP contribution in [0.1, 0.15) is 43.0 Å². The molecule has 0 saturated carbocycles. The predicted molar refractivity (Wildman–Crippen MR) is 96.9 cm³/mol. The maximum absolute atomic E-state index is 12.5. The lowest BCUT2D eigenvalue weighted by Crippen LogP contribution is -2.43. The molecule has 1 aromatic heterocycles. The third kappa shape index (κ3) is 4.76. The van der Waals surface area contributed by atoms with Gasteiger partial charge in [0.15, 0.2) is 5.76 Å². The van der Waals surface area contributed by atoms with E-state index in [-0.39, 0.29) is 36.7 Å². The lowest BCUT2D eigenvalue weighted by molar-refractivity contribution is 0.0401. The van der Waals surface area contributed by atoms with E-state index in [0.29, 0.717) is 23.6 Å². The van der Waals surface area contributed by atoms with E-state index in [4.69, 9.17) is 14.3 Å². The van der Waals surface area contributed by atoms with Gasteiger partial charge in [0.2, 0.25) is 0 Å². The molecule has 2 aliphatic rings. The monoisotopic (exact) mass is 372 g/mol. The molecule has 0 radical (unpaired) electrons. The summed E-state index contributed by atoms with van der Waals surface area (Å²) < 4.78 is 10.8. The zero-order valence-electron chi connectivity index (χ0n) is 14.9. The average Bonchev–Trinajstić information content (AvgIpc) is 3.22. The molecule has 6 nitrogen and oxygen atoms in total. The van der Waals surface area contributed by atoms with Gasteiger partial charge in [-0.25, -0.2) is 0 Å². The molecule has 0 spiro atoms. The number of carbonyl (C=O) groups is 1. The fraction of sp³-hybridized carbons (Fsp3) is 0.722. The number of likely N-dealkylation sites (tertiary alicyclic amines) is 1. The van der Waals surface area contributed by atoms with Crippen LogP contribution in [0, 0.1) is 11.8 Å². The Bertz CT molecular complexity index is 557. The first-order valence-corrected chi connectivity index (χ1v) is 8.90.